The van der Waals surface area contributed by atoms with E-state index in [-0.39, 0.29) is 11.0 Å². The predicted octanol–water partition coefficient (Wildman–Crippen LogP) is 6.70. The van der Waals surface area contributed by atoms with Gasteiger partial charge in [-0.15, -0.1) is 0 Å². The van der Waals surface area contributed by atoms with Gasteiger partial charge in [-0.2, -0.15) is 0 Å². The topological polar surface area (TPSA) is 67.2 Å². The average Bonchev–Trinajstić information content (AvgIpc) is 3.24. The van der Waals surface area contributed by atoms with E-state index in [0.717, 1.165) is 49.8 Å². The van der Waals surface area contributed by atoms with Crippen molar-refractivity contribution in [1.82, 2.24) is 10.3 Å². The molecule has 0 atom stereocenters. The van der Waals surface area contributed by atoms with E-state index in [2.05, 4.69) is 16.7 Å². The summed E-state index contributed by atoms with van der Waals surface area (Å²) in [7, 11) is 0. The van der Waals surface area contributed by atoms with Crippen LogP contribution in [-0.4, -0.2) is 16.0 Å². The number of oxazole rings is 1. The fraction of sp³-hybridized carbons (Fsp3) is 0.107. The van der Waals surface area contributed by atoms with Gasteiger partial charge in [0.25, 0.3) is 5.91 Å². The Labute approximate surface area is 202 Å². The first-order chi connectivity index (χ1) is 16.4. The zero-order chi connectivity index (χ0) is 23.8. The van der Waals surface area contributed by atoms with Crippen LogP contribution in [0.3, 0.4) is 0 Å². The summed E-state index contributed by atoms with van der Waals surface area (Å²) in [6.45, 7) is 6.04. The average molecular weight is 466 g/mol. The van der Waals surface area contributed by atoms with Crippen LogP contribution in [0.15, 0.2) is 77.2 Å². The number of thiocarbonyl (C=S) groups is 1. The summed E-state index contributed by atoms with van der Waals surface area (Å²) < 4.78 is 6.10. The smallest absolute Gasteiger partial charge is 0.258 e. The summed E-state index contributed by atoms with van der Waals surface area (Å²) >= 11 is 5.46. The number of aryl methyl sites for hydroxylation is 2. The highest BCUT2D eigenvalue weighted by Crippen LogP contribution is 2.32. The lowest BCUT2D eigenvalue weighted by Crippen LogP contribution is -2.34. The number of hydrogen-bond acceptors (Lipinski definition) is 4. The second-order valence-electron chi connectivity index (χ2n) is 8.36. The number of aromatic nitrogens is 1. The Hall–Kier alpha value is -4.03. The second kappa shape index (κ2) is 8.72. The van der Waals surface area contributed by atoms with Crippen molar-refractivity contribution >= 4 is 50.8 Å². The maximum absolute atomic E-state index is 12.9. The van der Waals surface area contributed by atoms with Crippen LogP contribution < -0.4 is 10.6 Å². The summed E-state index contributed by atoms with van der Waals surface area (Å²) in [5.74, 6) is 0.295. The van der Waals surface area contributed by atoms with E-state index in [9.17, 15) is 4.79 Å². The molecule has 4 aromatic carbocycles. The molecule has 0 radical (unpaired) electrons. The Balaban J connectivity index is 1.39. The van der Waals surface area contributed by atoms with Crippen molar-refractivity contribution in [3.8, 4) is 11.5 Å². The van der Waals surface area contributed by atoms with Crippen LogP contribution in [0.1, 0.15) is 27.0 Å². The molecule has 0 unspecified atom stereocenters. The maximum Gasteiger partial charge on any atom is 0.258 e. The van der Waals surface area contributed by atoms with E-state index in [4.69, 9.17) is 21.6 Å². The van der Waals surface area contributed by atoms with Gasteiger partial charge in [0.15, 0.2) is 10.7 Å². The molecule has 0 fully saturated rings. The molecule has 168 valence electrons. The Morgan fingerprint density at radius 1 is 0.941 bits per heavy atom. The molecule has 5 rings (SSSR count). The lowest BCUT2D eigenvalue weighted by Gasteiger charge is -2.14. The van der Waals surface area contributed by atoms with E-state index in [1.54, 1.807) is 6.07 Å². The molecule has 0 spiro atoms. The molecule has 0 bridgehead atoms. The highest BCUT2D eigenvalue weighted by atomic mass is 32.1. The standard InChI is InChI=1S/C28H23N3O2S/c1-16-14-17(2)25-24(15-16)29-27(33-25)20-11-7-13-23(18(20)3)30-28(34)31-26(32)22-12-6-9-19-8-4-5-10-21(19)22/h4-15H,1-3H3,(H2,30,31,32,34). The third-order valence-electron chi connectivity index (χ3n) is 5.89. The zero-order valence-electron chi connectivity index (χ0n) is 19.1. The molecule has 0 saturated heterocycles. The van der Waals surface area contributed by atoms with Crippen LogP contribution >= 0.6 is 12.2 Å². The van der Waals surface area contributed by atoms with Gasteiger partial charge in [0, 0.05) is 16.8 Å². The summed E-state index contributed by atoms with van der Waals surface area (Å²) in [5.41, 5.74) is 6.95. The first-order valence-electron chi connectivity index (χ1n) is 11.0. The number of nitrogens with one attached hydrogen (secondary N) is 2. The van der Waals surface area contributed by atoms with Gasteiger partial charge in [0.2, 0.25) is 5.89 Å². The van der Waals surface area contributed by atoms with Crippen LogP contribution in [0.2, 0.25) is 0 Å². The van der Waals surface area contributed by atoms with Gasteiger partial charge in [-0.3, -0.25) is 10.1 Å². The number of amides is 1. The minimum Gasteiger partial charge on any atom is -0.436 e. The third-order valence-corrected chi connectivity index (χ3v) is 6.10. The van der Waals surface area contributed by atoms with Gasteiger partial charge in [0.1, 0.15) is 5.52 Å². The SMILES string of the molecule is Cc1cc(C)c2oc(-c3cccc(NC(=S)NC(=O)c4cccc5ccccc45)c3C)nc2c1. The van der Waals surface area contributed by atoms with E-state index < -0.39 is 0 Å². The molecule has 5 nitrogen and oxygen atoms in total. The Bertz CT molecular complexity index is 1580. The van der Waals surface area contributed by atoms with Crippen LogP contribution in [0.25, 0.3) is 33.3 Å². The Morgan fingerprint density at radius 3 is 2.56 bits per heavy atom. The van der Waals surface area contributed by atoms with Gasteiger partial charge in [0.05, 0.1) is 0 Å². The first kappa shape index (κ1) is 21.8. The zero-order valence-corrected chi connectivity index (χ0v) is 19.9. The number of nitrogens with zero attached hydrogens (tertiary/aromatic N) is 1. The minimum atomic E-state index is -0.257. The monoisotopic (exact) mass is 465 g/mol. The van der Waals surface area contributed by atoms with Gasteiger partial charge < -0.3 is 9.73 Å². The summed E-state index contributed by atoms with van der Waals surface area (Å²) in [5, 5.41) is 8.06. The van der Waals surface area contributed by atoms with Crippen molar-refractivity contribution in [1.29, 1.82) is 0 Å². The number of rotatable bonds is 3. The largest absolute Gasteiger partial charge is 0.436 e. The van der Waals surface area contributed by atoms with Gasteiger partial charge >= 0.3 is 0 Å². The van der Waals surface area contributed by atoms with Crippen molar-refractivity contribution < 1.29 is 9.21 Å². The number of hydrogen-bond donors (Lipinski definition) is 2. The van der Waals surface area contributed by atoms with Crippen LogP contribution in [0.5, 0.6) is 0 Å². The van der Waals surface area contributed by atoms with Crippen molar-refractivity contribution in [2.45, 2.75) is 20.8 Å². The molecule has 34 heavy (non-hydrogen) atoms. The van der Waals surface area contributed by atoms with E-state index >= 15 is 0 Å². The lowest BCUT2D eigenvalue weighted by atomic mass is 10.0. The number of carbonyl (C=O) groups is 1. The minimum absolute atomic E-state index is 0.224. The van der Waals surface area contributed by atoms with E-state index in [1.165, 1.54) is 0 Å². The molecule has 1 aromatic heterocycles. The molecular formula is C28H23N3O2S. The predicted molar refractivity (Wildman–Crippen MR) is 141 cm³/mol. The fourth-order valence-corrected chi connectivity index (χ4v) is 4.44. The molecule has 0 aliphatic rings. The number of carbonyl (C=O) groups excluding carboxylic acids is 1. The van der Waals surface area contributed by atoms with E-state index in [0.29, 0.717) is 11.5 Å². The second-order valence-corrected chi connectivity index (χ2v) is 8.77. The normalized spacial score (nSPS) is 11.0. The molecular weight excluding hydrogens is 442 g/mol. The number of benzene rings is 4. The summed E-state index contributed by atoms with van der Waals surface area (Å²) in [6, 6.07) is 23.3. The Kier molecular flexibility index (Phi) is 5.59. The third kappa shape index (κ3) is 4.04. The van der Waals surface area contributed by atoms with Crippen LogP contribution in [0, 0.1) is 20.8 Å². The summed E-state index contributed by atoms with van der Waals surface area (Å²) in [4.78, 5) is 17.6. The van der Waals surface area contributed by atoms with Crippen LogP contribution in [-0.2, 0) is 0 Å². The summed E-state index contributed by atoms with van der Waals surface area (Å²) in [6.07, 6.45) is 0. The van der Waals surface area contributed by atoms with Crippen molar-refractivity contribution in [2.24, 2.45) is 0 Å². The van der Waals surface area contributed by atoms with Gasteiger partial charge in [-0.25, -0.2) is 4.98 Å². The fourth-order valence-electron chi connectivity index (χ4n) is 4.24. The maximum atomic E-state index is 12.9. The molecule has 1 amide bonds. The van der Waals surface area contributed by atoms with Gasteiger partial charge in [-0.1, -0.05) is 48.5 Å². The van der Waals surface area contributed by atoms with Gasteiger partial charge in [-0.05, 0) is 84.7 Å². The number of fused-ring (bicyclic) bond motifs is 2. The molecule has 6 heteroatoms. The quantitative estimate of drug-likeness (QED) is 0.290. The molecule has 2 N–H and O–H groups in total. The molecule has 5 aromatic rings. The Morgan fingerprint density at radius 2 is 1.71 bits per heavy atom. The molecule has 0 aliphatic heterocycles. The van der Waals surface area contributed by atoms with E-state index in [1.807, 2.05) is 81.4 Å². The van der Waals surface area contributed by atoms with Crippen molar-refractivity contribution in [3.63, 3.8) is 0 Å². The first-order valence-corrected chi connectivity index (χ1v) is 11.4. The highest BCUT2D eigenvalue weighted by molar-refractivity contribution is 7.80. The molecule has 0 aliphatic carbocycles. The lowest BCUT2D eigenvalue weighted by molar-refractivity contribution is 0.0979. The highest BCUT2D eigenvalue weighted by Gasteiger charge is 2.16. The molecule has 1 heterocycles. The molecule has 0 saturated carbocycles. The number of anilines is 1. The van der Waals surface area contributed by atoms with Crippen molar-refractivity contribution in [3.05, 3.63) is 95.1 Å². The van der Waals surface area contributed by atoms with Crippen molar-refractivity contribution in [2.75, 3.05) is 5.32 Å². The van der Waals surface area contributed by atoms with Crippen LogP contribution in [0.4, 0.5) is 5.69 Å².